The lowest BCUT2D eigenvalue weighted by molar-refractivity contribution is -0.135. The molecular formula is C9H12N2O2. The average Bonchev–Trinajstić information content (AvgIpc) is 2.96. The summed E-state index contributed by atoms with van der Waals surface area (Å²) in [6.07, 6.45) is 3.90. The van der Waals surface area contributed by atoms with Crippen molar-refractivity contribution in [2.24, 2.45) is 5.41 Å². The first-order valence-corrected chi connectivity index (χ1v) is 4.84. The topological polar surface area (TPSA) is 49.4 Å². The van der Waals surface area contributed by atoms with Crippen LogP contribution in [0.25, 0.3) is 0 Å². The van der Waals surface area contributed by atoms with Crippen LogP contribution in [-0.4, -0.2) is 29.4 Å². The maximum atomic E-state index is 11.9. The third kappa shape index (κ3) is 0.913. The van der Waals surface area contributed by atoms with Gasteiger partial charge in [-0.1, -0.05) is 0 Å². The summed E-state index contributed by atoms with van der Waals surface area (Å²) in [5, 5.41) is 2.80. The summed E-state index contributed by atoms with van der Waals surface area (Å²) in [5.41, 5.74) is -0.184. The molecule has 70 valence electrons. The summed E-state index contributed by atoms with van der Waals surface area (Å²) in [4.78, 5) is 24.7. The number of nitrogens with zero attached hydrogens (tertiary/aromatic N) is 1. The first-order chi connectivity index (χ1) is 6.23. The highest BCUT2D eigenvalue weighted by atomic mass is 16.2. The molecule has 0 unspecified atom stereocenters. The van der Waals surface area contributed by atoms with Crippen LogP contribution in [0.3, 0.4) is 0 Å². The highest BCUT2D eigenvalue weighted by molar-refractivity contribution is 6.02. The van der Waals surface area contributed by atoms with Crippen molar-refractivity contribution in [3.8, 4) is 0 Å². The zero-order chi connectivity index (χ0) is 9.05. The Balaban J connectivity index is 1.88. The molecular weight excluding hydrogens is 168 g/mol. The Kier molecular flexibility index (Phi) is 1.16. The number of carbonyl (C=O) groups excluding carboxylic acids is 2. The molecule has 0 radical (unpaired) electrons. The molecule has 1 heterocycles. The van der Waals surface area contributed by atoms with Crippen LogP contribution in [0.1, 0.15) is 25.7 Å². The van der Waals surface area contributed by atoms with E-state index in [-0.39, 0.29) is 23.4 Å². The van der Waals surface area contributed by atoms with E-state index in [0.29, 0.717) is 6.54 Å². The fourth-order valence-corrected chi connectivity index (χ4v) is 1.96. The molecule has 0 aromatic rings. The van der Waals surface area contributed by atoms with Crippen molar-refractivity contribution < 1.29 is 9.59 Å². The Labute approximate surface area is 76.3 Å². The highest BCUT2D eigenvalue weighted by Gasteiger charge is 2.57. The second-order valence-corrected chi connectivity index (χ2v) is 4.35. The van der Waals surface area contributed by atoms with Gasteiger partial charge in [0.05, 0.1) is 5.41 Å². The van der Waals surface area contributed by atoms with E-state index in [9.17, 15) is 9.59 Å². The van der Waals surface area contributed by atoms with Crippen molar-refractivity contribution in [1.82, 2.24) is 10.2 Å². The van der Waals surface area contributed by atoms with Crippen LogP contribution in [0.4, 0.5) is 4.79 Å². The van der Waals surface area contributed by atoms with Crippen LogP contribution < -0.4 is 5.32 Å². The average molecular weight is 180 g/mol. The molecule has 1 spiro atoms. The number of imide groups is 1. The van der Waals surface area contributed by atoms with Crippen LogP contribution in [0.15, 0.2) is 0 Å². The maximum absolute atomic E-state index is 11.9. The van der Waals surface area contributed by atoms with E-state index in [1.54, 1.807) is 0 Å². The van der Waals surface area contributed by atoms with Crippen LogP contribution in [0.5, 0.6) is 0 Å². The van der Waals surface area contributed by atoms with Crippen LogP contribution in [-0.2, 0) is 4.79 Å². The van der Waals surface area contributed by atoms with Gasteiger partial charge in [-0.05, 0) is 25.7 Å². The number of nitrogens with one attached hydrogen (secondary N) is 1. The van der Waals surface area contributed by atoms with Crippen molar-refractivity contribution in [3.05, 3.63) is 0 Å². The molecule has 2 saturated carbocycles. The number of carbonyl (C=O) groups is 2. The highest BCUT2D eigenvalue weighted by Crippen LogP contribution is 2.49. The van der Waals surface area contributed by atoms with E-state index >= 15 is 0 Å². The van der Waals surface area contributed by atoms with Crippen molar-refractivity contribution in [2.45, 2.75) is 31.7 Å². The number of hydrogen-bond acceptors (Lipinski definition) is 2. The number of urea groups is 1. The molecule has 0 aromatic heterocycles. The molecule has 3 amide bonds. The number of hydrogen-bond donors (Lipinski definition) is 1. The van der Waals surface area contributed by atoms with Crippen molar-refractivity contribution in [3.63, 3.8) is 0 Å². The van der Waals surface area contributed by atoms with E-state index < -0.39 is 0 Å². The Morgan fingerprint density at radius 1 is 1.31 bits per heavy atom. The Hall–Kier alpha value is -1.06. The third-order valence-corrected chi connectivity index (χ3v) is 3.23. The molecule has 3 aliphatic rings. The summed E-state index contributed by atoms with van der Waals surface area (Å²) in [6, 6.07) is 0.0373. The molecule has 1 aliphatic heterocycles. The maximum Gasteiger partial charge on any atom is 0.324 e. The summed E-state index contributed by atoms with van der Waals surface area (Å²) < 4.78 is 0. The van der Waals surface area contributed by atoms with Gasteiger partial charge in [0.25, 0.3) is 0 Å². The van der Waals surface area contributed by atoms with Crippen LogP contribution >= 0.6 is 0 Å². The van der Waals surface area contributed by atoms with Crippen LogP contribution in [0.2, 0.25) is 0 Å². The van der Waals surface area contributed by atoms with Gasteiger partial charge in [-0.2, -0.15) is 0 Å². The molecule has 0 aromatic carbocycles. The molecule has 4 nitrogen and oxygen atoms in total. The molecule has 0 atom stereocenters. The van der Waals surface area contributed by atoms with Crippen LogP contribution in [0, 0.1) is 5.41 Å². The first kappa shape index (κ1) is 7.35. The fourth-order valence-electron chi connectivity index (χ4n) is 1.96. The molecule has 0 bridgehead atoms. The molecule has 1 N–H and O–H groups in total. The molecule has 4 heteroatoms. The number of amides is 3. The molecule has 2 aliphatic carbocycles. The minimum absolute atomic E-state index is 0.0822. The Morgan fingerprint density at radius 2 is 2.00 bits per heavy atom. The largest absolute Gasteiger partial charge is 0.337 e. The predicted octanol–water partition coefficient (Wildman–Crippen LogP) is 0.481. The molecule has 3 rings (SSSR count). The lowest BCUT2D eigenvalue weighted by atomic mass is 10.0. The number of rotatable bonds is 1. The summed E-state index contributed by atoms with van der Waals surface area (Å²) >= 11 is 0. The van der Waals surface area contributed by atoms with Gasteiger partial charge in [0, 0.05) is 12.6 Å². The lowest BCUT2D eigenvalue weighted by Gasteiger charge is -2.31. The lowest BCUT2D eigenvalue weighted by Crippen LogP contribution is -2.56. The molecule has 1 saturated heterocycles. The normalized spacial score (nSPS) is 30.6. The van der Waals surface area contributed by atoms with E-state index in [1.165, 1.54) is 4.90 Å². The van der Waals surface area contributed by atoms with Gasteiger partial charge in [-0.3, -0.25) is 9.69 Å². The molecule has 13 heavy (non-hydrogen) atoms. The summed E-state index contributed by atoms with van der Waals surface area (Å²) in [6.45, 7) is 0.563. The van der Waals surface area contributed by atoms with E-state index in [2.05, 4.69) is 5.32 Å². The second-order valence-electron chi connectivity index (χ2n) is 4.35. The summed E-state index contributed by atoms with van der Waals surface area (Å²) in [7, 11) is 0. The quantitative estimate of drug-likeness (QED) is 0.638. The minimum atomic E-state index is -0.184. The second kappa shape index (κ2) is 2.05. The van der Waals surface area contributed by atoms with Gasteiger partial charge in [0.2, 0.25) is 5.91 Å². The third-order valence-electron chi connectivity index (χ3n) is 3.23. The van der Waals surface area contributed by atoms with Gasteiger partial charge in [-0.25, -0.2) is 4.79 Å². The smallest absolute Gasteiger partial charge is 0.324 e. The predicted molar refractivity (Wildman–Crippen MR) is 44.9 cm³/mol. The van der Waals surface area contributed by atoms with Crippen molar-refractivity contribution in [1.29, 1.82) is 0 Å². The van der Waals surface area contributed by atoms with Crippen molar-refractivity contribution in [2.75, 3.05) is 6.54 Å². The van der Waals surface area contributed by atoms with Gasteiger partial charge in [0.1, 0.15) is 0 Å². The van der Waals surface area contributed by atoms with E-state index in [1.807, 2.05) is 0 Å². The fraction of sp³-hybridized carbons (Fsp3) is 0.778. The monoisotopic (exact) mass is 180 g/mol. The van der Waals surface area contributed by atoms with Gasteiger partial charge in [-0.15, -0.1) is 0 Å². The van der Waals surface area contributed by atoms with E-state index in [4.69, 9.17) is 0 Å². The summed E-state index contributed by atoms with van der Waals surface area (Å²) in [5.74, 6) is 0.0822. The zero-order valence-electron chi connectivity index (χ0n) is 7.38. The zero-order valence-corrected chi connectivity index (χ0v) is 7.38. The van der Waals surface area contributed by atoms with Gasteiger partial charge < -0.3 is 5.32 Å². The van der Waals surface area contributed by atoms with Gasteiger partial charge >= 0.3 is 6.03 Å². The van der Waals surface area contributed by atoms with Gasteiger partial charge in [0.15, 0.2) is 0 Å². The van der Waals surface area contributed by atoms with Crippen molar-refractivity contribution >= 4 is 11.9 Å². The Morgan fingerprint density at radius 3 is 2.54 bits per heavy atom. The van der Waals surface area contributed by atoms with E-state index in [0.717, 1.165) is 25.7 Å². The molecule has 3 fully saturated rings. The standard InChI is InChI=1S/C9H12N2O2/c12-7-9(3-4-9)5-10-8(13)11(7)6-1-2-6/h6H,1-5H2,(H,10,13). The minimum Gasteiger partial charge on any atom is -0.337 e. The first-order valence-electron chi connectivity index (χ1n) is 4.84. The Bertz CT molecular complexity index is 292. The SMILES string of the molecule is O=C1NCC2(CC2)C(=O)N1C1CC1.